The summed E-state index contributed by atoms with van der Waals surface area (Å²) in [5.41, 5.74) is 0. The van der Waals surface area contributed by atoms with Gasteiger partial charge >= 0.3 is 0 Å². The highest BCUT2D eigenvalue weighted by Gasteiger charge is 2.51. The first-order chi connectivity index (χ1) is 44.1. The number of unbranched alkanes of at least 4 members (excludes halogenated alkanes) is 54. The van der Waals surface area contributed by atoms with Gasteiger partial charge in [0.15, 0.2) is 12.6 Å². The van der Waals surface area contributed by atoms with E-state index >= 15 is 0 Å². The van der Waals surface area contributed by atoms with Gasteiger partial charge in [0.05, 0.1) is 32.0 Å². The number of aliphatic hydroxyl groups excluding tert-OH is 8. The summed E-state index contributed by atoms with van der Waals surface area (Å²) in [5, 5.41) is 87.6. The molecule has 0 aliphatic carbocycles. The highest BCUT2D eigenvalue weighted by molar-refractivity contribution is 5.76. The molecule has 12 atom stereocenters. The Hall–Kier alpha value is -1.01. The number of carbonyl (C=O) groups is 1. The molecule has 9 N–H and O–H groups in total. The van der Waals surface area contributed by atoms with Gasteiger partial charge in [-0.25, -0.2) is 0 Å². The van der Waals surface area contributed by atoms with Crippen molar-refractivity contribution >= 4 is 5.91 Å². The molecule has 90 heavy (non-hydrogen) atoms. The summed E-state index contributed by atoms with van der Waals surface area (Å²) in [7, 11) is 0. The summed E-state index contributed by atoms with van der Waals surface area (Å²) in [6.45, 7) is 2.93. The lowest BCUT2D eigenvalue weighted by Gasteiger charge is -2.46. The van der Waals surface area contributed by atoms with Gasteiger partial charge in [-0.3, -0.25) is 4.79 Å². The van der Waals surface area contributed by atoms with Crippen LogP contribution in [-0.4, -0.2) is 140 Å². The lowest BCUT2D eigenvalue weighted by molar-refractivity contribution is -0.359. The van der Waals surface area contributed by atoms with Crippen LogP contribution in [0, 0.1) is 0 Å². The maximum absolute atomic E-state index is 13.4. The monoisotopic (exact) mass is 1280 g/mol. The number of ether oxygens (including phenoxy) is 4. The Bertz CT molecular complexity index is 1510. The van der Waals surface area contributed by atoms with Gasteiger partial charge in [-0.05, 0) is 12.8 Å². The van der Waals surface area contributed by atoms with E-state index in [0.717, 1.165) is 51.4 Å². The van der Waals surface area contributed by atoms with Crippen molar-refractivity contribution in [2.45, 2.75) is 460 Å². The van der Waals surface area contributed by atoms with Gasteiger partial charge in [-0.2, -0.15) is 0 Å². The van der Waals surface area contributed by atoms with E-state index in [1.807, 2.05) is 0 Å². The normalized spacial score (nSPS) is 22.8. The van der Waals surface area contributed by atoms with Crippen LogP contribution in [0.5, 0.6) is 0 Å². The molecule has 0 aromatic heterocycles. The fourth-order valence-electron chi connectivity index (χ4n) is 13.6. The van der Waals surface area contributed by atoms with Crippen LogP contribution >= 0.6 is 0 Å². The van der Waals surface area contributed by atoms with Crippen LogP contribution in [-0.2, 0) is 23.7 Å². The molecule has 0 aromatic rings. The van der Waals surface area contributed by atoms with Crippen molar-refractivity contribution in [2.24, 2.45) is 0 Å². The topological polar surface area (TPSA) is 228 Å². The second kappa shape index (κ2) is 61.6. The summed E-state index contributed by atoms with van der Waals surface area (Å²) in [6, 6.07) is -0.824. The summed E-state index contributed by atoms with van der Waals surface area (Å²) >= 11 is 0. The van der Waals surface area contributed by atoms with E-state index in [2.05, 4.69) is 19.2 Å². The van der Waals surface area contributed by atoms with E-state index in [9.17, 15) is 45.6 Å². The van der Waals surface area contributed by atoms with Crippen molar-refractivity contribution < 1.29 is 64.6 Å². The molecule has 2 aliphatic heterocycles. The largest absolute Gasteiger partial charge is 0.394 e. The number of nitrogens with one attached hydrogen (secondary N) is 1. The molecule has 2 aliphatic rings. The molecular weight excluding hydrogens is 1130 g/mol. The Morgan fingerprint density at radius 1 is 0.356 bits per heavy atom. The van der Waals surface area contributed by atoms with Crippen molar-refractivity contribution in [3.63, 3.8) is 0 Å². The second-order valence-corrected chi connectivity index (χ2v) is 28.2. The number of amides is 1. The molecule has 14 heteroatoms. The maximum atomic E-state index is 13.4. The Balaban J connectivity index is 1.54. The van der Waals surface area contributed by atoms with Crippen molar-refractivity contribution in [2.75, 3.05) is 19.8 Å². The zero-order chi connectivity index (χ0) is 65.2. The third-order valence-corrected chi connectivity index (χ3v) is 19.8. The average molecular weight is 1290 g/mol. The molecular formula is C76H149NO13. The molecule has 2 heterocycles. The van der Waals surface area contributed by atoms with E-state index in [1.54, 1.807) is 0 Å². The predicted octanol–water partition coefficient (Wildman–Crippen LogP) is 17.1. The third-order valence-electron chi connectivity index (χ3n) is 19.8. The van der Waals surface area contributed by atoms with Crippen LogP contribution < -0.4 is 5.32 Å². The van der Waals surface area contributed by atoms with Crippen LogP contribution in [0.1, 0.15) is 386 Å². The summed E-state index contributed by atoms with van der Waals surface area (Å²) < 4.78 is 22.9. The fourth-order valence-corrected chi connectivity index (χ4v) is 13.6. The molecule has 536 valence electrons. The Kier molecular flexibility index (Phi) is 58.2. The van der Waals surface area contributed by atoms with Gasteiger partial charge in [-0.15, -0.1) is 0 Å². The molecule has 2 fully saturated rings. The molecule has 12 unspecified atom stereocenters. The van der Waals surface area contributed by atoms with Gasteiger partial charge in [-0.1, -0.05) is 367 Å². The number of carbonyl (C=O) groups excluding carboxylic acids is 1. The maximum Gasteiger partial charge on any atom is 0.220 e. The third kappa shape index (κ3) is 44.7. The lowest BCUT2D eigenvalue weighted by Crippen LogP contribution is -2.65. The quantitative estimate of drug-likeness (QED) is 0.0259. The van der Waals surface area contributed by atoms with E-state index < -0.39 is 86.8 Å². The van der Waals surface area contributed by atoms with Crippen LogP contribution in [0.3, 0.4) is 0 Å². The highest BCUT2D eigenvalue weighted by atomic mass is 16.7. The molecule has 14 nitrogen and oxygen atoms in total. The zero-order valence-electron chi connectivity index (χ0n) is 58.7. The Labute approximate surface area is 553 Å². The van der Waals surface area contributed by atoms with Gasteiger partial charge in [0.2, 0.25) is 5.91 Å². The van der Waals surface area contributed by atoms with E-state index in [4.69, 9.17) is 18.9 Å². The first-order valence-electron chi connectivity index (χ1n) is 39.3. The molecule has 0 radical (unpaired) electrons. The average Bonchev–Trinajstić information content (AvgIpc) is 1.04. The van der Waals surface area contributed by atoms with Gasteiger partial charge < -0.3 is 65.1 Å². The van der Waals surface area contributed by atoms with Crippen LogP contribution in [0.25, 0.3) is 0 Å². The summed E-state index contributed by atoms with van der Waals surface area (Å²) in [5.74, 6) is -0.196. The van der Waals surface area contributed by atoms with Crippen molar-refractivity contribution in [1.29, 1.82) is 0 Å². The minimum atomic E-state index is -1.78. The highest BCUT2D eigenvalue weighted by Crippen LogP contribution is 2.30. The molecule has 0 saturated carbocycles. The Morgan fingerprint density at radius 2 is 0.633 bits per heavy atom. The Morgan fingerprint density at radius 3 is 0.944 bits per heavy atom. The van der Waals surface area contributed by atoms with Crippen molar-refractivity contribution in [3.05, 3.63) is 0 Å². The van der Waals surface area contributed by atoms with Crippen LogP contribution in [0.4, 0.5) is 0 Å². The SMILES string of the molecule is CCCCCCCCCCCCCCCCCCCCCCCCCCCCCCCCCCCCCCCCCC(=O)NC(COC1OC(CO)C(OC2OC(CO)C(O)C(O)C2O)C(O)C1O)C(O)CCCCCCCCCCCCCCCCCCC. The van der Waals surface area contributed by atoms with Crippen molar-refractivity contribution in [3.8, 4) is 0 Å². The lowest BCUT2D eigenvalue weighted by atomic mass is 9.97. The predicted molar refractivity (Wildman–Crippen MR) is 369 cm³/mol. The fraction of sp³-hybridized carbons (Fsp3) is 0.987. The second-order valence-electron chi connectivity index (χ2n) is 28.2. The molecule has 2 saturated heterocycles. The van der Waals surface area contributed by atoms with E-state index in [1.165, 1.54) is 308 Å². The first kappa shape index (κ1) is 85.1. The summed E-state index contributed by atoms with van der Waals surface area (Å²) in [6.07, 6.45) is 58.8. The zero-order valence-corrected chi connectivity index (χ0v) is 58.7. The van der Waals surface area contributed by atoms with E-state index in [-0.39, 0.29) is 12.5 Å². The van der Waals surface area contributed by atoms with Crippen LogP contribution in [0.2, 0.25) is 0 Å². The number of hydrogen-bond acceptors (Lipinski definition) is 13. The standard InChI is InChI=1S/C76H149NO13/c1-3-5-7-9-11-13-15-17-19-21-22-23-24-25-26-27-28-29-30-31-32-33-34-35-36-37-38-39-40-41-42-44-46-48-50-52-54-56-58-60-68(81)77-64(65(80)59-57-55-53-51-49-47-45-43-20-18-16-14-12-10-8-6-4-2)63-87-75-73(86)71(84)74(67(62-79)89-75)90-76-72(85)70(83)69(82)66(61-78)88-76/h64-67,69-76,78-80,82-86H,3-63H2,1-2H3,(H,77,81). The number of aliphatic hydroxyl groups is 8. The molecule has 0 spiro atoms. The smallest absolute Gasteiger partial charge is 0.220 e. The molecule has 0 bridgehead atoms. The minimum absolute atomic E-state index is 0.196. The summed E-state index contributed by atoms with van der Waals surface area (Å²) in [4.78, 5) is 13.4. The van der Waals surface area contributed by atoms with E-state index in [0.29, 0.717) is 12.8 Å². The minimum Gasteiger partial charge on any atom is -0.394 e. The molecule has 1 amide bonds. The van der Waals surface area contributed by atoms with Gasteiger partial charge in [0.1, 0.15) is 48.8 Å². The van der Waals surface area contributed by atoms with Crippen LogP contribution in [0.15, 0.2) is 0 Å². The molecule has 2 rings (SSSR count). The number of rotatable bonds is 67. The van der Waals surface area contributed by atoms with Gasteiger partial charge in [0, 0.05) is 6.42 Å². The first-order valence-corrected chi connectivity index (χ1v) is 39.3. The number of hydrogen-bond donors (Lipinski definition) is 9. The molecule has 0 aromatic carbocycles. The van der Waals surface area contributed by atoms with Gasteiger partial charge in [0.25, 0.3) is 0 Å². The van der Waals surface area contributed by atoms with Crippen molar-refractivity contribution in [1.82, 2.24) is 5.32 Å².